The molecule has 1 aliphatic carbocycles. The largest absolute Gasteiger partial charge is 0.339 e. The third-order valence-electron chi connectivity index (χ3n) is 6.54. The molecule has 0 spiro atoms. The van der Waals surface area contributed by atoms with Crippen molar-refractivity contribution in [2.75, 3.05) is 18.4 Å². The van der Waals surface area contributed by atoms with Crippen molar-refractivity contribution < 1.29 is 17.7 Å². The van der Waals surface area contributed by atoms with Crippen molar-refractivity contribution in [3.8, 4) is 10.7 Å². The van der Waals surface area contributed by atoms with Crippen LogP contribution in [0.5, 0.6) is 0 Å². The molecule has 3 aromatic rings. The summed E-state index contributed by atoms with van der Waals surface area (Å²) < 4.78 is 33.6. The number of rotatable bonds is 6. The molecular weight excluding hydrogens is 472 g/mol. The van der Waals surface area contributed by atoms with E-state index in [0.29, 0.717) is 53.3 Å². The maximum atomic E-state index is 13.4. The number of aryl methyl sites for hydroxylation is 3. The van der Waals surface area contributed by atoms with E-state index in [4.69, 9.17) is 4.52 Å². The third kappa shape index (κ3) is 4.54. The highest BCUT2D eigenvalue weighted by atomic mass is 32.2. The normalized spacial score (nSPS) is 17.7. The molecule has 5 rings (SSSR count). The highest BCUT2D eigenvalue weighted by Crippen LogP contribution is 2.41. The summed E-state index contributed by atoms with van der Waals surface area (Å²) in [5.41, 5.74) is 2.96. The van der Waals surface area contributed by atoms with Crippen LogP contribution in [0.15, 0.2) is 33.7 Å². The van der Waals surface area contributed by atoms with Crippen LogP contribution in [0, 0.1) is 26.7 Å². The average molecular weight is 501 g/mol. The number of benzene rings is 1. The summed E-state index contributed by atoms with van der Waals surface area (Å²) >= 11 is 1.36. The Labute approximate surface area is 203 Å². The quantitative estimate of drug-likeness (QED) is 0.529. The molecule has 1 amide bonds. The van der Waals surface area contributed by atoms with Gasteiger partial charge >= 0.3 is 0 Å². The molecule has 2 fully saturated rings. The second-order valence-electron chi connectivity index (χ2n) is 9.25. The van der Waals surface area contributed by atoms with Gasteiger partial charge < -0.3 is 9.84 Å². The molecule has 8 nitrogen and oxygen atoms in total. The van der Waals surface area contributed by atoms with Crippen molar-refractivity contribution in [1.82, 2.24) is 14.4 Å². The van der Waals surface area contributed by atoms with Gasteiger partial charge in [-0.2, -0.15) is 9.29 Å². The van der Waals surface area contributed by atoms with Gasteiger partial charge in [0.15, 0.2) is 0 Å². The lowest BCUT2D eigenvalue weighted by atomic mass is 9.97. The summed E-state index contributed by atoms with van der Waals surface area (Å²) in [6, 6.07) is 7.56. The molecule has 10 heteroatoms. The molecule has 0 bridgehead atoms. The van der Waals surface area contributed by atoms with Gasteiger partial charge in [0.05, 0.1) is 9.77 Å². The molecule has 1 N–H and O–H groups in total. The fourth-order valence-corrected chi connectivity index (χ4v) is 7.30. The number of aromatic nitrogens is 2. The molecule has 34 heavy (non-hydrogen) atoms. The minimum atomic E-state index is -3.67. The zero-order valence-corrected chi connectivity index (χ0v) is 21.1. The number of hydrogen-bond donors (Lipinski definition) is 1. The minimum Gasteiger partial charge on any atom is -0.339 e. The van der Waals surface area contributed by atoms with Crippen LogP contribution in [0.2, 0.25) is 0 Å². The third-order valence-corrected chi connectivity index (χ3v) is 9.74. The SMILES string of the molecule is Cc1ccc(NC(=O)C2CCN(S(=O)(=O)c3cc(-c4noc(C5CC5)n4)sc3C)CC2)c(C)c1. The van der Waals surface area contributed by atoms with Crippen molar-refractivity contribution in [2.45, 2.75) is 57.3 Å². The van der Waals surface area contributed by atoms with E-state index in [1.807, 2.05) is 32.0 Å². The molecule has 0 atom stereocenters. The second-order valence-corrected chi connectivity index (χ2v) is 12.4. The molecular formula is C24H28N4O4S2. The van der Waals surface area contributed by atoms with E-state index in [1.165, 1.54) is 15.6 Å². The van der Waals surface area contributed by atoms with Crippen molar-refractivity contribution in [1.29, 1.82) is 0 Å². The first kappa shape index (κ1) is 23.2. The number of piperidine rings is 1. The van der Waals surface area contributed by atoms with E-state index in [2.05, 4.69) is 15.5 Å². The van der Waals surface area contributed by atoms with Crippen LogP contribution in [0.4, 0.5) is 5.69 Å². The summed E-state index contributed by atoms with van der Waals surface area (Å²) in [5, 5.41) is 7.05. The van der Waals surface area contributed by atoms with E-state index in [0.717, 1.165) is 29.7 Å². The maximum Gasteiger partial charge on any atom is 0.244 e. The number of anilines is 1. The zero-order chi connectivity index (χ0) is 24.0. The molecule has 0 unspecified atom stereocenters. The summed E-state index contributed by atoms with van der Waals surface area (Å²) in [4.78, 5) is 18.9. The van der Waals surface area contributed by atoms with Crippen LogP contribution in [0.3, 0.4) is 0 Å². The highest BCUT2D eigenvalue weighted by Gasteiger charge is 2.35. The number of nitrogens with zero attached hydrogens (tertiary/aromatic N) is 3. The Morgan fingerprint density at radius 3 is 2.53 bits per heavy atom. The van der Waals surface area contributed by atoms with Gasteiger partial charge in [0.1, 0.15) is 0 Å². The summed E-state index contributed by atoms with van der Waals surface area (Å²) in [6.07, 6.45) is 3.09. The van der Waals surface area contributed by atoms with E-state index in [9.17, 15) is 13.2 Å². The zero-order valence-electron chi connectivity index (χ0n) is 19.5. The van der Waals surface area contributed by atoms with Crippen LogP contribution < -0.4 is 5.32 Å². The predicted octanol–water partition coefficient (Wildman–Crippen LogP) is 4.64. The number of hydrogen-bond acceptors (Lipinski definition) is 7. The summed E-state index contributed by atoms with van der Waals surface area (Å²) in [6.45, 7) is 6.40. The number of nitrogens with one attached hydrogen (secondary N) is 1. The fourth-order valence-electron chi connectivity index (χ4n) is 4.35. The Morgan fingerprint density at radius 1 is 1.12 bits per heavy atom. The molecule has 2 aromatic heterocycles. The van der Waals surface area contributed by atoms with E-state index >= 15 is 0 Å². The van der Waals surface area contributed by atoms with Gasteiger partial charge in [-0.05, 0) is 64.2 Å². The van der Waals surface area contributed by atoms with Gasteiger partial charge in [-0.1, -0.05) is 22.9 Å². The Bertz CT molecular complexity index is 1330. The van der Waals surface area contributed by atoms with Gasteiger partial charge in [0.2, 0.25) is 27.6 Å². The van der Waals surface area contributed by atoms with E-state index in [1.54, 1.807) is 13.0 Å². The van der Waals surface area contributed by atoms with Gasteiger partial charge in [0.25, 0.3) is 0 Å². The van der Waals surface area contributed by atoms with E-state index in [-0.39, 0.29) is 16.7 Å². The molecule has 1 aliphatic heterocycles. The Kier molecular flexibility index (Phi) is 6.07. The highest BCUT2D eigenvalue weighted by molar-refractivity contribution is 7.89. The van der Waals surface area contributed by atoms with Crippen molar-refractivity contribution in [2.24, 2.45) is 5.92 Å². The van der Waals surface area contributed by atoms with Crippen molar-refractivity contribution >= 4 is 33.0 Å². The molecule has 1 aromatic carbocycles. The average Bonchev–Trinajstić information content (AvgIpc) is 3.40. The van der Waals surface area contributed by atoms with Crippen LogP contribution >= 0.6 is 11.3 Å². The lowest BCUT2D eigenvalue weighted by Gasteiger charge is -2.30. The predicted molar refractivity (Wildman–Crippen MR) is 130 cm³/mol. The molecule has 3 heterocycles. The molecule has 0 radical (unpaired) electrons. The van der Waals surface area contributed by atoms with Gasteiger partial charge in [-0.3, -0.25) is 4.79 Å². The Morgan fingerprint density at radius 2 is 1.85 bits per heavy atom. The molecule has 180 valence electrons. The minimum absolute atomic E-state index is 0.0541. The number of thiophene rings is 1. The monoisotopic (exact) mass is 500 g/mol. The van der Waals surface area contributed by atoms with Gasteiger partial charge in [-0.15, -0.1) is 11.3 Å². The molecule has 2 aliphatic rings. The van der Waals surface area contributed by atoms with Crippen LogP contribution in [-0.4, -0.2) is 41.9 Å². The van der Waals surface area contributed by atoms with Gasteiger partial charge in [0, 0.05) is 35.5 Å². The van der Waals surface area contributed by atoms with Crippen molar-refractivity contribution in [3.63, 3.8) is 0 Å². The first-order valence-corrected chi connectivity index (χ1v) is 13.8. The lowest BCUT2D eigenvalue weighted by molar-refractivity contribution is -0.120. The summed E-state index contributed by atoms with van der Waals surface area (Å²) in [7, 11) is -3.67. The lowest BCUT2D eigenvalue weighted by Crippen LogP contribution is -2.41. The Balaban J connectivity index is 1.25. The first-order chi connectivity index (χ1) is 16.2. The number of carbonyl (C=O) groups excluding carboxylic acids is 1. The molecule has 1 saturated carbocycles. The second kappa shape index (κ2) is 8.90. The molecule has 1 saturated heterocycles. The summed E-state index contributed by atoms with van der Waals surface area (Å²) in [5.74, 6) is 1.15. The first-order valence-electron chi connectivity index (χ1n) is 11.5. The number of carbonyl (C=O) groups is 1. The van der Waals surface area contributed by atoms with Crippen LogP contribution in [0.1, 0.15) is 53.5 Å². The van der Waals surface area contributed by atoms with Crippen LogP contribution in [-0.2, 0) is 14.8 Å². The van der Waals surface area contributed by atoms with Crippen LogP contribution in [0.25, 0.3) is 10.7 Å². The standard InChI is InChI=1S/C24H28N4O4S2/c1-14-4-7-19(15(2)12-14)25-23(29)17-8-10-28(11-9-17)34(30,31)21-13-20(33-16(21)3)22-26-24(32-27-22)18-5-6-18/h4,7,12-13,17-18H,5-6,8-11H2,1-3H3,(H,25,29). The number of sulfonamides is 1. The topological polar surface area (TPSA) is 105 Å². The fraction of sp³-hybridized carbons (Fsp3) is 0.458. The maximum absolute atomic E-state index is 13.4. The van der Waals surface area contributed by atoms with Crippen molar-refractivity contribution in [3.05, 3.63) is 46.2 Å². The van der Waals surface area contributed by atoms with E-state index < -0.39 is 10.0 Å². The Hall–Kier alpha value is -2.56. The smallest absolute Gasteiger partial charge is 0.244 e. The number of amides is 1. The van der Waals surface area contributed by atoms with Gasteiger partial charge in [-0.25, -0.2) is 8.42 Å².